The number of thiophene rings is 1. The highest BCUT2D eigenvalue weighted by molar-refractivity contribution is 7.10. The van der Waals surface area contributed by atoms with Gasteiger partial charge in [0.25, 0.3) is 0 Å². The fraction of sp³-hybridized carbons (Fsp3) is 0.455. The van der Waals surface area contributed by atoms with Crippen LogP contribution < -0.4 is 0 Å². The largest absolute Gasteiger partial charge is 0.332 e. The van der Waals surface area contributed by atoms with E-state index < -0.39 is 0 Å². The fourth-order valence-electron chi connectivity index (χ4n) is 3.10. The molecule has 0 spiro atoms. The standard InChI is InChI=1S/C22H28N2O2S/c1-16(2)24(22(26)19-9-10-19)15-21(25)23(13-18-7-5-4-6-8-18)14-20-17(3)11-12-27-20/h4-8,11-12,16,19H,9-10,13-15H2,1-3H3. The average molecular weight is 385 g/mol. The highest BCUT2D eigenvalue weighted by Gasteiger charge is 2.35. The molecular formula is C22H28N2O2S. The van der Waals surface area contributed by atoms with Crippen molar-refractivity contribution < 1.29 is 9.59 Å². The molecule has 27 heavy (non-hydrogen) atoms. The van der Waals surface area contributed by atoms with Gasteiger partial charge in [-0.1, -0.05) is 30.3 Å². The second kappa shape index (κ2) is 8.70. The van der Waals surface area contributed by atoms with Gasteiger partial charge in [-0.2, -0.15) is 0 Å². The molecule has 1 aliphatic carbocycles. The lowest BCUT2D eigenvalue weighted by Crippen LogP contribution is -2.46. The minimum atomic E-state index is 0.00866. The molecule has 0 N–H and O–H groups in total. The molecule has 0 saturated heterocycles. The van der Waals surface area contributed by atoms with E-state index in [0.29, 0.717) is 13.1 Å². The molecule has 144 valence electrons. The first-order chi connectivity index (χ1) is 13.0. The van der Waals surface area contributed by atoms with Crippen LogP contribution in [0.1, 0.15) is 42.7 Å². The second-order valence-electron chi connectivity index (χ2n) is 7.60. The van der Waals surface area contributed by atoms with Gasteiger partial charge in [0.15, 0.2) is 0 Å². The van der Waals surface area contributed by atoms with Crippen LogP contribution in [0.5, 0.6) is 0 Å². The zero-order valence-corrected chi connectivity index (χ0v) is 17.2. The number of hydrogen-bond acceptors (Lipinski definition) is 3. The second-order valence-corrected chi connectivity index (χ2v) is 8.60. The van der Waals surface area contributed by atoms with Crippen LogP contribution >= 0.6 is 11.3 Å². The van der Waals surface area contributed by atoms with Gasteiger partial charge in [0.05, 0.1) is 6.54 Å². The number of carbonyl (C=O) groups excluding carboxylic acids is 2. The van der Waals surface area contributed by atoms with Crippen molar-refractivity contribution in [1.82, 2.24) is 9.80 Å². The van der Waals surface area contributed by atoms with Gasteiger partial charge >= 0.3 is 0 Å². The summed E-state index contributed by atoms with van der Waals surface area (Å²) in [6.07, 6.45) is 1.91. The van der Waals surface area contributed by atoms with E-state index in [0.717, 1.165) is 18.4 Å². The van der Waals surface area contributed by atoms with Crippen LogP contribution in [0.4, 0.5) is 0 Å². The van der Waals surface area contributed by atoms with Gasteiger partial charge in [0, 0.05) is 23.4 Å². The molecule has 0 aliphatic heterocycles. The third-order valence-corrected chi connectivity index (χ3v) is 6.02. The number of nitrogens with zero attached hydrogens (tertiary/aromatic N) is 2. The highest BCUT2D eigenvalue weighted by Crippen LogP contribution is 2.31. The Hall–Kier alpha value is -2.14. The third-order valence-electron chi connectivity index (χ3n) is 5.01. The fourth-order valence-corrected chi connectivity index (χ4v) is 4.02. The first kappa shape index (κ1) is 19.6. The molecule has 0 unspecified atom stereocenters. The smallest absolute Gasteiger partial charge is 0.242 e. The summed E-state index contributed by atoms with van der Waals surface area (Å²) in [7, 11) is 0. The first-order valence-electron chi connectivity index (χ1n) is 9.61. The number of benzene rings is 1. The molecule has 1 aromatic heterocycles. The molecule has 0 atom stereocenters. The number of rotatable bonds is 8. The molecular weight excluding hydrogens is 356 g/mol. The predicted molar refractivity (Wildman–Crippen MR) is 109 cm³/mol. The molecule has 0 bridgehead atoms. The van der Waals surface area contributed by atoms with E-state index in [1.165, 1.54) is 10.4 Å². The monoisotopic (exact) mass is 384 g/mol. The average Bonchev–Trinajstić information content (AvgIpc) is 3.42. The molecule has 4 nitrogen and oxygen atoms in total. The summed E-state index contributed by atoms with van der Waals surface area (Å²) in [6.45, 7) is 7.34. The Labute approximate surface area is 165 Å². The van der Waals surface area contributed by atoms with E-state index in [4.69, 9.17) is 0 Å². The van der Waals surface area contributed by atoms with Crippen LogP contribution in [-0.2, 0) is 22.7 Å². The Balaban J connectivity index is 1.76. The Morgan fingerprint density at radius 2 is 1.81 bits per heavy atom. The van der Waals surface area contributed by atoms with E-state index in [-0.39, 0.29) is 30.3 Å². The summed E-state index contributed by atoms with van der Waals surface area (Å²) >= 11 is 1.68. The number of aryl methyl sites for hydroxylation is 1. The maximum atomic E-state index is 13.2. The molecule has 1 aliphatic rings. The van der Waals surface area contributed by atoms with Crippen LogP contribution in [0, 0.1) is 12.8 Å². The van der Waals surface area contributed by atoms with E-state index >= 15 is 0 Å². The van der Waals surface area contributed by atoms with Gasteiger partial charge in [-0.05, 0) is 56.2 Å². The van der Waals surface area contributed by atoms with Crippen molar-refractivity contribution in [3.8, 4) is 0 Å². The quantitative estimate of drug-likeness (QED) is 0.683. The van der Waals surface area contributed by atoms with Crippen molar-refractivity contribution in [3.05, 3.63) is 57.8 Å². The molecule has 2 amide bonds. The van der Waals surface area contributed by atoms with E-state index in [9.17, 15) is 9.59 Å². The van der Waals surface area contributed by atoms with Gasteiger partial charge < -0.3 is 9.80 Å². The molecule has 1 aromatic carbocycles. The van der Waals surface area contributed by atoms with Crippen LogP contribution in [-0.4, -0.2) is 34.2 Å². The Morgan fingerprint density at radius 3 is 2.37 bits per heavy atom. The summed E-state index contributed by atoms with van der Waals surface area (Å²) in [4.78, 5) is 30.6. The van der Waals surface area contributed by atoms with E-state index in [2.05, 4.69) is 18.4 Å². The van der Waals surface area contributed by atoms with E-state index in [1.54, 1.807) is 16.2 Å². The summed E-state index contributed by atoms with van der Waals surface area (Å²) in [5.74, 6) is 0.266. The van der Waals surface area contributed by atoms with Gasteiger partial charge in [0.2, 0.25) is 11.8 Å². The highest BCUT2D eigenvalue weighted by atomic mass is 32.1. The maximum Gasteiger partial charge on any atom is 0.242 e. The lowest BCUT2D eigenvalue weighted by Gasteiger charge is -2.30. The zero-order chi connectivity index (χ0) is 19.4. The van der Waals surface area contributed by atoms with Crippen LogP contribution in [0.25, 0.3) is 0 Å². The van der Waals surface area contributed by atoms with Crippen LogP contribution in [0.15, 0.2) is 41.8 Å². The van der Waals surface area contributed by atoms with Gasteiger partial charge in [-0.3, -0.25) is 9.59 Å². The zero-order valence-electron chi connectivity index (χ0n) is 16.4. The van der Waals surface area contributed by atoms with Crippen molar-refractivity contribution in [2.24, 2.45) is 5.92 Å². The molecule has 0 radical (unpaired) electrons. The SMILES string of the molecule is Cc1ccsc1CN(Cc1ccccc1)C(=O)CN(C(=O)C1CC1)C(C)C. The Bertz CT molecular complexity index is 781. The minimum absolute atomic E-state index is 0.00866. The molecule has 1 saturated carbocycles. The topological polar surface area (TPSA) is 40.6 Å². The lowest BCUT2D eigenvalue weighted by molar-refractivity contribution is -0.143. The minimum Gasteiger partial charge on any atom is -0.332 e. The van der Waals surface area contributed by atoms with Gasteiger partial charge in [0.1, 0.15) is 6.54 Å². The molecule has 1 heterocycles. The summed E-state index contributed by atoms with van der Waals surface area (Å²) < 4.78 is 0. The van der Waals surface area contributed by atoms with Gasteiger partial charge in [-0.15, -0.1) is 11.3 Å². The third kappa shape index (κ3) is 5.19. The maximum absolute atomic E-state index is 13.2. The molecule has 5 heteroatoms. The number of hydrogen-bond donors (Lipinski definition) is 0. The van der Waals surface area contributed by atoms with Gasteiger partial charge in [-0.25, -0.2) is 0 Å². The number of carbonyl (C=O) groups is 2. The number of amides is 2. The van der Waals surface area contributed by atoms with Crippen molar-refractivity contribution in [1.29, 1.82) is 0 Å². The predicted octanol–water partition coefficient (Wildman–Crippen LogP) is 4.23. The molecule has 1 fully saturated rings. The van der Waals surface area contributed by atoms with Crippen molar-refractivity contribution >= 4 is 23.2 Å². The van der Waals surface area contributed by atoms with Crippen LogP contribution in [0.3, 0.4) is 0 Å². The summed E-state index contributed by atoms with van der Waals surface area (Å²) in [6, 6.07) is 12.2. The van der Waals surface area contributed by atoms with E-state index in [1.807, 2.05) is 49.1 Å². The summed E-state index contributed by atoms with van der Waals surface area (Å²) in [5, 5.41) is 2.06. The van der Waals surface area contributed by atoms with Crippen molar-refractivity contribution in [2.75, 3.05) is 6.54 Å². The Morgan fingerprint density at radius 1 is 1.11 bits per heavy atom. The van der Waals surface area contributed by atoms with Crippen molar-refractivity contribution in [2.45, 2.75) is 52.7 Å². The lowest BCUT2D eigenvalue weighted by atomic mass is 10.2. The first-order valence-corrected chi connectivity index (χ1v) is 10.5. The summed E-state index contributed by atoms with van der Waals surface area (Å²) in [5.41, 5.74) is 2.31. The molecule has 2 aromatic rings. The molecule has 3 rings (SSSR count). The van der Waals surface area contributed by atoms with Crippen molar-refractivity contribution in [3.63, 3.8) is 0 Å². The Kier molecular flexibility index (Phi) is 6.32. The normalized spacial score (nSPS) is 13.6. The van der Waals surface area contributed by atoms with Crippen LogP contribution in [0.2, 0.25) is 0 Å².